The molecule has 1 aromatic heterocycles. The molecule has 0 aliphatic carbocycles. The third kappa shape index (κ3) is 3.57. The summed E-state index contributed by atoms with van der Waals surface area (Å²) in [5.74, 6) is 0.860. The molecule has 1 heterocycles. The van der Waals surface area contributed by atoms with E-state index in [4.69, 9.17) is 4.52 Å². The lowest BCUT2D eigenvalue weighted by Gasteiger charge is -2.09. The van der Waals surface area contributed by atoms with Crippen LogP contribution in [0.4, 0.5) is 0 Å². The van der Waals surface area contributed by atoms with Gasteiger partial charge in [-0.05, 0) is 20.9 Å². The summed E-state index contributed by atoms with van der Waals surface area (Å²) in [6, 6.07) is 2.42. The molecule has 1 unspecified atom stereocenters. The van der Waals surface area contributed by atoms with Gasteiger partial charge < -0.3 is 15.2 Å². The zero-order valence-electron chi connectivity index (χ0n) is 8.42. The molecule has 0 aliphatic heterocycles. The minimum absolute atomic E-state index is 0.480. The summed E-state index contributed by atoms with van der Waals surface area (Å²) in [7, 11) is 1.95. The molecule has 0 amide bonds. The highest BCUT2D eigenvalue weighted by molar-refractivity contribution is 5.02. The second-order valence-corrected chi connectivity index (χ2v) is 3.25. The molecule has 0 aromatic carbocycles. The van der Waals surface area contributed by atoms with Gasteiger partial charge in [-0.1, -0.05) is 5.16 Å². The summed E-state index contributed by atoms with van der Waals surface area (Å²) in [4.78, 5) is 0. The summed E-state index contributed by atoms with van der Waals surface area (Å²) in [5, 5.41) is 10.3. The quantitative estimate of drug-likeness (QED) is 0.705. The Bertz CT molecular complexity index is 247. The molecule has 4 nitrogen and oxygen atoms in total. The van der Waals surface area contributed by atoms with Crippen LogP contribution in [0.3, 0.4) is 0 Å². The molecule has 0 saturated heterocycles. The van der Waals surface area contributed by atoms with Crippen LogP contribution in [0.2, 0.25) is 0 Å². The van der Waals surface area contributed by atoms with E-state index in [1.807, 2.05) is 20.0 Å². The third-order valence-corrected chi connectivity index (χ3v) is 1.93. The van der Waals surface area contributed by atoms with Crippen molar-refractivity contribution in [3.63, 3.8) is 0 Å². The Morgan fingerprint density at radius 3 is 2.92 bits per heavy atom. The van der Waals surface area contributed by atoms with Crippen molar-refractivity contribution in [2.75, 3.05) is 13.6 Å². The third-order valence-electron chi connectivity index (χ3n) is 1.93. The van der Waals surface area contributed by atoms with Crippen LogP contribution in [-0.2, 0) is 6.54 Å². The molecule has 13 heavy (non-hydrogen) atoms. The standard InChI is InChI=1S/C9H17N3O/c1-7(10-3)5-11-6-9-4-8(2)13-12-9/h4,7,10-11H,5-6H2,1-3H3. The van der Waals surface area contributed by atoms with Crippen molar-refractivity contribution in [1.82, 2.24) is 15.8 Å². The number of hydrogen-bond donors (Lipinski definition) is 2. The van der Waals surface area contributed by atoms with E-state index in [1.165, 1.54) is 0 Å². The fraction of sp³-hybridized carbons (Fsp3) is 0.667. The SMILES string of the molecule is CNC(C)CNCc1cc(C)on1. The molecular weight excluding hydrogens is 166 g/mol. The average Bonchev–Trinajstić information content (AvgIpc) is 2.51. The number of nitrogens with one attached hydrogen (secondary N) is 2. The Morgan fingerprint density at radius 2 is 2.38 bits per heavy atom. The number of rotatable bonds is 5. The Morgan fingerprint density at radius 1 is 1.62 bits per heavy atom. The van der Waals surface area contributed by atoms with Crippen molar-refractivity contribution in [3.05, 3.63) is 17.5 Å². The van der Waals surface area contributed by atoms with E-state index >= 15 is 0 Å². The second-order valence-electron chi connectivity index (χ2n) is 3.25. The van der Waals surface area contributed by atoms with E-state index in [-0.39, 0.29) is 0 Å². The lowest BCUT2D eigenvalue weighted by Crippen LogP contribution is -2.33. The van der Waals surface area contributed by atoms with Crippen LogP contribution in [0.5, 0.6) is 0 Å². The van der Waals surface area contributed by atoms with Crippen LogP contribution in [0.25, 0.3) is 0 Å². The van der Waals surface area contributed by atoms with Gasteiger partial charge in [0.15, 0.2) is 0 Å². The highest BCUT2D eigenvalue weighted by Gasteiger charge is 2.00. The first-order valence-corrected chi connectivity index (χ1v) is 4.52. The zero-order chi connectivity index (χ0) is 9.68. The first-order chi connectivity index (χ1) is 6.22. The summed E-state index contributed by atoms with van der Waals surface area (Å²) in [5.41, 5.74) is 0.959. The molecule has 2 N–H and O–H groups in total. The largest absolute Gasteiger partial charge is 0.361 e. The van der Waals surface area contributed by atoms with Gasteiger partial charge in [-0.25, -0.2) is 0 Å². The van der Waals surface area contributed by atoms with E-state index in [0.29, 0.717) is 6.04 Å². The lowest BCUT2D eigenvalue weighted by atomic mass is 10.3. The van der Waals surface area contributed by atoms with E-state index in [2.05, 4.69) is 22.7 Å². The number of likely N-dealkylation sites (N-methyl/N-ethyl adjacent to an activating group) is 1. The minimum atomic E-state index is 0.480. The molecular formula is C9H17N3O. The van der Waals surface area contributed by atoms with Gasteiger partial charge in [0.25, 0.3) is 0 Å². The van der Waals surface area contributed by atoms with Gasteiger partial charge in [0.05, 0.1) is 5.69 Å². The Kier molecular flexibility index (Phi) is 3.92. The minimum Gasteiger partial charge on any atom is -0.361 e. The van der Waals surface area contributed by atoms with Crippen LogP contribution in [0.1, 0.15) is 18.4 Å². The topological polar surface area (TPSA) is 50.1 Å². The predicted octanol–water partition coefficient (Wildman–Crippen LogP) is 0.681. The fourth-order valence-electron chi connectivity index (χ4n) is 1.02. The molecule has 0 spiro atoms. The number of hydrogen-bond acceptors (Lipinski definition) is 4. The van der Waals surface area contributed by atoms with Crippen molar-refractivity contribution in [1.29, 1.82) is 0 Å². The van der Waals surface area contributed by atoms with Gasteiger partial charge in [-0.3, -0.25) is 0 Å². The Labute approximate surface area is 78.7 Å². The lowest BCUT2D eigenvalue weighted by molar-refractivity contribution is 0.387. The van der Waals surface area contributed by atoms with Crippen molar-refractivity contribution in [2.24, 2.45) is 0 Å². The molecule has 0 aliphatic rings. The molecule has 1 atom stereocenters. The maximum absolute atomic E-state index is 4.94. The zero-order valence-corrected chi connectivity index (χ0v) is 8.42. The number of nitrogens with zero attached hydrogens (tertiary/aromatic N) is 1. The first kappa shape index (κ1) is 10.2. The van der Waals surface area contributed by atoms with Crippen LogP contribution in [0, 0.1) is 6.92 Å². The van der Waals surface area contributed by atoms with Crippen molar-refractivity contribution < 1.29 is 4.52 Å². The number of aryl methyl sites for hydroxylation is 1. The van der Waals surface area contributed by atoms with Crippen LogP contribution < -0.4 is 10.6 Å². The molecule has 0 radical (unpaired) electrons. The van der Waals surface area contributed by atoms with E-state index < -0.39 is 0 Å². The van der Waals surface area contributed by atoms with Gasteiger partial charge >= 0.3 is 0 Å². The Hall–Kier alpha value is -0.870. The van der Waals surface area contributed by atoms with Gasteiger partial charge in [0, 0.05) is 25.2 Å². The molecule has 74 valence electrons. The van der Waals surface area contributed by atoms with Gasteiger partial charge in [-0.2, -0.15) is 0 Å². The second kappa shape index (κ2) is 4.99. The summed E-state index contributed by atoms with van der Waals surface area (Å²) in [6.45, 7) is 5.72. The van der Waals surface area contributed by atoms with Crippen molar-refractivity contribution in [3.8, 4) is 0 Å². The van der Waals surface area contributed by atoms with Crippen LogP contribution in [0.15, 0.2) is 10.6 Å². The molecule has 1 aromatic rings. The monoisotopic (exact) mass is 183 g/mol. The van der Waals surface area contributed by atoms with Crippen molar-refractivity contribution >= 4 is 0 Å². The first-order valence-electron chi connectivity index (χ1n) is 4.52. The van der Waals surface area contributed by atoms with Gasteiger partial charge in [0.2, 0.25) is 0 Å². The maximum Gasteiger partial charge on any atom is 0.133 e. The van der Waals surface area contributed by atoms with E-state index in [1.54, 1.807) is 0 Å². The average molecular weight is 183 g/mol. The Balaban J connectivity index is 2.20. The summed E-state index contributed by atoms with van der Waals surface area (Å²) < 4.78 is 4.94. The number of aromatic nitrogens is 1. The predicted molar refractivity (Wildman–Crippen MR) is 51.5 cm³/mol. The fourth-order valence-corrected chi connectivity index (χ4v) is 1.02. The summed E-state index contributed by atoms with van der Waals surface area (Å²) >= 11 is 0. The molecule has 4 heteroatoms. The molecule has 0 fully saturated rings. The van der Waals surface area contributed by atoms with Gasteiger partial charge in [0.1, 0.15) is 5.76 Å². The molecule has 0 bridgehead atoms. The van der Waals surface area contributed by atoms with E-state index in [9.17, 15) is 0 Å². The highest BCUT2D eigenvalue weighted by atomic mass is 16.5. The van der Waals surface area contributed by atoms with Crippen LogP contribution in [-0.4, -0.2) is 24.8 Å². The molecule has 0 saturated carbocycles. The maximum atomic E-state index is 4.94. The molecule has 1 rings (SSSR count). The smallest absolute Gasteiger partial charge is 0.133 e. The normalized spacial score (nSPS) is 13.2. The van der Waals surface area contributed by atoms with Crippen molar-refractivity contribution in [2.45, 2.75) is 26.4 Å². The van der Waals surface area contributed by atoms with Gasteiger partial charge in [-0.15, -0.1) is 0 Å². The highest BCUT2D eigenvalue weighted by Crippen LogP contribution is 2.00. The van der Waals surface area contributed by atoms with E-state index in [0.717, 1.165) is 24.5 Å². The summed E-state index contributed by atoms with van der Waals surface area (Å²) in [6.07, 6.45) is 0. The van der Waals surface area contributed by atoms with Crippen LogP contribution >= 0.6 is 0 Å².